The van der Waals surface area contributed by atoms with Crippen molar-refractivity contribution in [2.75, 3.05) is 6.61 Å². The summed E-state index contributed by atoms with van der Waals surface area (Å²) in [6.45, 7) is -0.566. The average molecular weight is 432 g/mol. The van der Waals surface area contributed by atoms with Gasteiger partial charge in [-0.1, -0.05) is 6.07 Å². The third-order valence-corrected chi connectivity index (χ3v) is 5.53. The molecule has 4 rings (SSSR count). The zero-order valence-corrected chi connectivity index (χ0v) is 15.6. The van der Waals surface area contributed by atoms with Crippen molar-refractivity contribution in [3.05, 3.63) is 40.1 Å². The summed E-state index contributed by atoms with van der Waals surface area (Å²) in [6.07, 6.45) is -10.3. The summed E-state index contributed by atoms with van der Waals surface area (Å²) in [5.41, 5.74) is 0.658. The van der Waals surface area contributed by atoms with E-state index in [2.05, 4.69) is 9.47 Å². The van der Waals surface area contributed by atoms with Crippen LogP contribution in [0.5, 0.6) is 17.2 Å². The highest BCUT2D eigenvalue weighted by Gasteiger charge is 2.45. The Morgan fingerprint density at radius 3 is 2.55 bits per heavy atom. The summed E-state index contributed by atoms with van der Waals surface area (Å²) < 4.78 is 46.2. The van der Waals surface area contributed by atoms with Crippen LogP contribution in [0, 0.1) is 0 Å². The van der Waals surface area contributed by atoms with Gasteiger partial charge in [0.1, 0.15) is 30.2 Å². The molecule has 0 bridgehead atoms. The normalized spacial score (nSPS) is 30.3. The molecule has 5 unspecified atom stereocenters. The highest BCUT2D eigenvalue weighted by molar-refractivity contribution is 7.10. The molecule has 0 radical (unpaired) electrons. The fourth-order valence-electron chi connectivity index (χ4n) is 3.14. The van der Waals surface area contributed by atoms with Crippen LogP contribution in [0.1, 0.15) is 10.4 Å². The van der Waals surface area contributed by atoms with Gasteiger partial charge >= 0.3 is 6.29 Å². The van der Waals surface area contributed by atoms with Gasteiger partial charge in [0, 0.05) is 6.42 Å². The van der Waals surface area contributed by atoms with Crippen molar-refractivity contribution in [2.24, 2.45) is 0 Å². The Morgan fingerprint density at radius 2 is 1.79 bits per heavy atom. The molecular weight excluding hydrogens is 414 g/mol. The summed E-state index contributed by atoms with van der Waals surface area (Å²) in [6, 6.07) is 6.06. The summed E-state index contributed by atoms with van der Waals surface area (Å²) in [7, 11) is 0. The molecule has 0 saturated carbocycles. The maximum absolute atomic E-state index is 13.2. The van der Waals surface area contributed by atoms with E-state index in [1.165, 1.54) is 23.5 Å². The number of rotatable bonds is 5. The molecule has 11 heteroatoms. The van der Waals surface area contributed by atoms with E-state index in [1.54, 1.807) is 17.5 Å². The van der Waals surface area contributed by atoms with E-state index in [1.807, 2.05) is 0 Å². The number of benzene rings is 1. The molecular formula is C18H18F2O8S. The molecule has 2 aliphatic rings. The average Bonchev–Trinajstić information content (AvgIpc) is 3.23. The second kappa shape index (κ2) is 7.67. The fraction of sp³-hybridized carbons (Fsp3) is 0.444. The quantitative estimate of drug-likeness (QED) is 0.549. The van der Waals surface area contributed by atoms with Gasteiger partial charge in [-0.05, 0) is 29.1 Å². The molecule has 0 amide bonds. The molecule has 1 aromatic heterocycles. The maximum atomic E-state index is 13.2. The fourth-order valence-corrected chi connectivity index (χ4v) is 3.98. The van der Waals surface area contributed by atoms with Crippen LogP contribution >= 0.6 is 11.3 Å². The molecule has 29 heavy (non-hydrogen) atoms. The maximum Gasteiger partial charge on any atom is 0.586 e. The molecule has 1 saturated heterocycles. The highest BCUT2D eigenvalue weighted by atomic mass is 32.1. The first-order chi connectivity index (χ1) is 13.8. The monoisotopic (exact) mass is 432 g/mol. The van der Waals surface area contributed by atoms with E-state index in [-0.39, 0.29) is 11.5 Å². The largest absolute Gasteiger partial charge is 0.586 e. The van der Waals surface area contributed by atoms with E-state index < -0.39 is 43.6 Å². The standard InChI is InChI=1S/C18H18F2O8S/c19-18(20)27-9-2-1-8(5-11(9)28-18)6-13-10(3-4-29-13)25-17-16(24)15(23)14(22)12(7-21)26-17/h1-5,12,14-17,21-24H,6-7H2. The van der Waals surface area contributed by atoms with Crippen molar-refractivity contribution in [1.29, 1.82) is 0 Å². The lowest BCUT2D eigenvalue weighted by Gasteiger charge is -2.39. The van der Waals surface area contributed by atoms with Crippen molar-refractivity contribution in [3.8, 4) is 17.2 Å². The number of ether oxygens (including phenoxy) is 4. The van der Waals surface area contributed by atoms with Gasteiger partial charge in [0.05, 0.1) is 11.5 Å². The third kappa shape index (κ3) is 4.02. The first kappa shape index (κ1) is 20.3. The zero-order valence-electron chi connectivity index (χ0n) is 14.8. The summed E-state index contributed by atoms with van der Waals surface area (Å²) in [5.74, 6) is 0.227. The molecule has 8 nitrogen and oxygen atoms in total. The lowest BCUT2D eigenvalue weighted by Crippen LogP contribution is -2.60. The minimum absolute atomic E-state index is 0.0530. The first-order valence-electron chi connectivity index (χ1n) is 8.70. The number of alkyl halides is 2. The Bertz CT molecular complexity index is 873. The van der Waals surface area contributed by atoms with Gasteiger partial charge in [-0.3, -0.25) is 0 Å². The van der Waals surface area contributed by atoms with Gasteiger partial charge in [-0.25, -0.2) is 0 Å². The van der Waals surface area contributed by atoms with Crippen molar-refractivity contribution in [2.45, 2.75) is 43.4 Å². The van der Waals surface area contributed by atoms with E-state index >= 15 is 0 Å². The predicted octanol–water partition coefficient (Wildman–Crippen LogP) is 0.839. The van der Waals surface area contributed by atoms with Crippen LogP contribution in [-0.4, -0.2) is 64.0 Å². The van der Waals surface area contributed by atoms with Crippen molar-refractivity contribution >= 4 is 11.3 Å². The second-order valence-corrected chi connectivity index (χ2v) is 7.65. The van der Waals surface area contributed by atoms with Crippen molar-refractivity contribution in [3.63, 3.8) is 0 Å². The van der Waals surface area contributed by atoms with Crippen LogP contribution < -0.4 is 14.2 Å². The van der Waals surface area contributed by atoms with Crippen molar-refractivity contribution in [1.82, 2.24) is 0 Å². The number of hydrogen-bond donors (Lipinski definition) is 4. The SMILES string of the molecule is OCC1OC(Oc2ccsc2Cc2ccc3c(c2)OC(F)(F)O3)C(O)C(O)C1O. The molecule has 3 heterocycles. The van der Waals surface area contributed by atoms with E-state index in [9.17, 15) is 29.2 Å². The molecule has 0 aliphatic carbocycles. The molecule has 4 N–H and O–H groups in total. The number of fused-ring (bicyclic) bond motifs is 1. The molecule has 0 spiro atoms. The number of aliphatic hydroxyl groups excluding tert-OH is 4. The Kier molecular flexibility index (Phi) is 5.36. The molecule has 2 aromatic rings. The smallest absolute Gasteiger partial charge is 0.461 e. The van der Waals surface area contributed by atoms with Gasteiger partial charge in [-0.15, -0.1) is 20.1 Å². The Labute approximate surface area is 167 Å². The second-order valence-electron chi connectivity index (χ2n) is 6.65. The Balaban J connectivity index is 1.48. The van der Waals surface area contributed by atoms with Gasteiger partial charge in [0.2, 0.25) is 6.29 Å². The van der Waals surface area contributed by atoms with Crippen molar-refractivity contribution < 1.29 is 48.2 Å². The first-order valence-corrected chi connectivity index (χ1v) is 9.57. The summed E-state index contributed by atoms with van der Waals surface area (Å²) in [5, 5.41) is 40.8. The van der Waals surface area contributed by atoms with Crippen LogP contribution in [0.15, 0.2) is 29.6 Å². The van der Waals surface area contributed by atoms with E-state index in [4.69, 9.17) is 9.47 Å². The number of thiophene rings is 1. The number of hydrogen-bond acceptors (Lipinski definition) is 9. The Hall–Kier alpha value is -2.02. The Morgan fingerprint density at radius 1 is 1.03 bits per heavy atom. The number of halogens is 2. The van der Waals surface area contributed by atoms with Gasteiger partial charge in [0.15, 0.2) is 11.5 Å². The highest BCUT2D eigenvalue weighted by Crippen LogP contribution is 2.42. The molecule has 5 atom stereocenters. The van der Waals surface area contributed by atoms with Gasteiger partial charge < -0.3 is 39.4 Å². The van der Waals surface area contributed by atoms with Crippen LogP contribution in [0.4, 0.5) is 8.78 Å². The summed E-state index contributed by atoms with van der Waals surface area (Å²) >= 11 is 1.33. The van der Waals surface area contributed by atoms with Crippen LogP contribution in [0.3, 0.4) is 0 Å². The molecule has 1 fully saturated rings. The van der Waals surface area contributed by atoms with Gasteiger partial charge in [0.25, 0.3) is 0 Å². The minimum atomic E-state index is -3.69. The predicted molar refractivity (Wildman–Crippen MR) is 94.2 cm³/mol. The lowest BCUT2D eigenvalue weighted by molar-refractivity contribution is -0.286. The minimum Gasteiger partial charge on any atom is -0.461 e. The molecule has 2 aliphatic heterocycles. The van der Waals surface area contributed by atoms with E-state index in [0.29, 0.717) is 22.6 Å². The lowest BCUT2D eigenvalue weighted by atomic mass is 9.99. The van der Waals surface area contributed by atoms with E-state index in [0.717, 1.165) is 0 Å². The topological polar surface area (TPSA) is 118 Å². The molecule has 158 valence electrons. The molecule has 1 aromatic carbocycles. The van der Waals surface area contributed by atoms with Crippen LogP contribution in [-0.2, 0) is 11.2 Å². The summed E-state index contributed by atoms with van der Waals surface area (Å²) in [4.78, 5) is 0.701. The number of aliphatic hydroxyl groups is 4. The van der Waals surface area contributed by atoms with Crippen LogP contribution in [0.2, 0.25) is 0 Å². The zero-order chi connectivity index (χ0) is 20.8. The third-order valence-electron chi connectivity index (χ3n) is 4.63. The van der Waals surface area contributed by atoms with Crippen LogP contribution in [0.25, 0.3) is 0 Å². The van der Waals surface area contributed by atoms with Gasteiger partial charge in [-0.2, -0.15) is 0 Å².